The number of amides is 1. The maximum atomic E-state index is 13.1. The summed E-state index contributed by atoms with van der Waals surface area (Å²) in [4.78, 5) is 29.3. The van der Waals surface area contributed by atoms with Crippen LogP contribution >= 0.6 is 0 Å². The Labute approximate surface area is 172 Å². The van der Waals surface area contributed by atoms with Crippen molar-refractivity contribution >= 4 is 16.9 Å². The number of primary amides is 1. The maximum Gasteiger partial charge on any atom is 0.264 e. The van der Waals surface area contributed by atoms with E-state index in [1.54, 1.807) is 38.2 Å². The lowest BCUT2D eigenvalue weighted by Gasteiger charge is -2.18. The summed E-state index contributed by atoms with van der Waals surface area (Å²) in [6, 6.07) is 7.91. The number of pyridine rings is 2. The largest absolute Gasteiger partial charge is 0.368 e. The third-order valence-electron chi connectivity index (χ3n) is 4.77. The van der Waals surface area contributed by atoms with Gasteiger partial charge in [-0.05, 0) is 49.6 Å². The van der Waals surface area contributed by atoms with Crippen LogP contribution in [0.2, 0.25) is 0 Å². The van der Waals surface area contributed by atoms with E-state index < -0.39 is 17.8 Å². The number of aryl methyl sites for hydroxylation is 1. The van der Waals surface area contributed by atoms with Gasteiger partial charge in [-0.15, -0.1) is 0 Å². The molecule has 2 heterocycles. The molecule has 0 aliphatic carbocycles. The zero-order chi connectivity index (χ0) is 22.0. The van der Waals surface area contributed by atoms with Gasteiger partial charge in [0.2, 0.25) is 0 Å². The molecular formula is C22H24FN3O4. The highest BCUT2D eigenvalue weighted by Crippen LogP contribution is 2.22. The topological polar surface area (TPSA) is 107 Å². The zero-order valence-corrected chi connectivity index (χ0v) is 17.1. The van der Waals surface area contributed by atoms with E-state index in [4.69, 9.17) is 10.5 Å². The van der Waals surface area contributed by atoms with Gasteiger partial charge in [0.05, 0.1) is 17.1 Å². The van der Waals surface area contributed by atoms with Gasteiger partial charge in [-0.25, -0.2) is 4.39 Å². The number of carbonyl (C=O) groups excluding carboxylic acids is 1. The van der Waals surface area contributed by atoms with Gasteiger partial charge < -0.3 is 20.1 Å². The van der Waals surface area contributed by atoms with Crippen LogP contribution in [0.3, 0.4) is 0 Å². The van der Waals surface area contributed by atoms with Crippen LogP contribution in [0.15, 0.2) is 41.3 Å². The zero-order valence-electron chi connectivity index (χ0n) is 17.1. The lowest BCUT2D eigenvalue weighted by Crippen LogP contribution is -2.32. The first kappa shape index (κ1) is 21.6. The number of rotatable bonds is 7. The van der Waals surface area contributed by atoms with Crippen molar-refractivity contribution in [2.45, 2.75) is 39.1 Å². The van der Waals surface area contributed by atoms with Gasteiger partial charge in [0.25, 0.3) is 11.5 Å². The summed E-state index contributed by atoms with van der Waals surface area (Å²) >= 11 is 0. The number of carbonyl (C=O) groups is 1. The van der Waals surface area contributed by atoms with Crippen LogP contribution in [0.25, 0.3) is 11.0 Å². The molecule has 3 rings (SSSR count). The number of nitrogens with zero attached hydrogens (tertiary/aromatic N) is 2. The van der Waals surface area contributed by atoms with Gasteiger partial charge >= 0.3 is 0 Å². The minimum absolute atomic E-state index is 0.104. The van der Waals surface area contributed by atoms with Gasteiger partial charge in [-0.1, -0.05) is 12.1 Å². The predicted molar refractivity (Wildman–Crippen MR) is 111 cm³/mol. The molecule has 1 aromatic carbocycles. The minimum atomic E-state index is -1.22. The van der Waals surface area contributed by atoms with Crippen LogP contribution in [-0.4, -0.2) is 33.0 Å². The molecule has 8 heteroatoms. The highest BCUT2D eigenvalue weighted by Gasteiger charge is 2.23. The number of nitrogens with two attached hydrogens (primary N) is 1. The summed E-state index contributed by atoms with van der Waals surface area (Å²) in [5.74, 6) is -1.20. The van der Waals surface area contributed by atoms with Crippen molar-refractivity contribution in [3.8, 4) is 0 Å². The van der Waals surface area contributed by atoms with Crippen molar-refractivity contribution in [3.05, 3.63) is 75.0 Å². The number of aromatic nitrogens is 2. The van der Waals surface area contributed by atoms with E-state index in [1.807, 2.05) is 0 Å². The molecule has 3 N–H and O–H groups in total. The Balaban J connectivity index is 2.11. The number of aliphatic hydroxyl groups is 1. The second-order valence-electron chi connectivity index (χ2n) is 7.44. The van der Waals surface area contributed by atoms with Crippen molar-refractivity contribution in [2.24, 2.45) is 12.8 Å². The molecule has 1 amide bonds. The van der Waals surface area contributed by atoms with Crippen LogP contribution in [0.1, 0.15) is 40.9 Å². The van der Waals surface area contributed by atoms with E-state index in [1.165, 1.54) is 23.7 Å². The molecule has 0 saturated heterocycles. The molecule has 0 radical (unpaired) electrons. The highest BCUT2D eigenvalue weighted by atomic mass is 19.1. The Morgan fingerprint density at radius 1 is 1.27 bits per heavy atom. The summed E-state index contributed by atoms with van der Waals surface area (Å²) < 4.78 is 19.8. The third kappa shape index (κ3) is 4.55. The summed E-state index contributed by atoms with van der Waals surface area (Å²) in [5.41, 5.74) is 7.51. The SMILES string of the molecule is CC(C)OC(O)Cc1c(C(N)=O)c(=O)n(C)c2cc(Cc3ccc(F)cc3)cnc12. The third-order valence-corrected chi connectivity index (χ3v) is 4.77. The number of aliphatic hydroxyl groups excluding tert-OH is 1. The lowest BCUT2D eigenvalue weighted by atomic mass is 10.0. The average molecular weight is 413 g/mol. The molecule has 0 aliphatic rings. The van der Waals surface area contributed by atoms with Crippen LogP contribution in [0.4, 0.5) is 4.39 Å². The molecule has 3 aromatic rings. The average Bonchev–Trinajstić information content (AvgIpc) is 2.67. The van der Waals surface area contributed by atoms with Gasteiger partial charge in [0, 0.05) is 25.2 Å². The van der Waals surface area contributed by atoms with Crippen molar-refractivity contribution in [1.82, 2.24) is 9.55 Å². The Hall–Kier alpha value is -3.10. The number of fused-ring (bicyclic) bond motifs is 1. The van der Waals surface area contributed by atoms with E-state index in [0.717, 1.165) is 11.1 Å². The normalized spacial score (nSPS) is 12.5. The Morgan fingerprint density at radius 2 is 1.93 bits per heavy atom. The monoisotopic (exact) mass is 413 g/mol. The van der Waals surface area contributed by atoms with E-state index in [2.05, 4.69) is 4.98 Å². The van der Waals surface area contributed by atoms with E-state index >= 15 is 0 Å². The van der Waals surface area contributed by atoms with Crippen molar-refractivity contribution in [2.75, 3.05) is 0 Å². The molecule has 30 heavy (non-hydrogen) atoms. The Morgan fingerprint density at radius 3 is 2.53 bits per heavy atom. The Kier molecular flexibility index (Phi) is 6.28. The van der Waals surface area contributed by atoms with E-state index in [-0.39, 0.29) is 29.5 Å². The smallest absolute Gasteiger partial charge is 0.264 e. The number of halogens is 1. The first-order valence-corrected chi connectivity index (χ1v) is 9.55. The molecule has 0 bridgehead atoms. The van der Waals surface area contributed by atoms with Crippen molar-refractivity contribution in [1.29, 1.82) is 0 Å². The van der Waals surface area contributed by atoms with Gasteiger partial charge in [-0.2, -0.15) is 0 Å². The first-order chi connectivity index (χ1) is 14.2. The fourth-order valence-electron chi connectivity index (χ4n) is 3.43. The fraction of sp³-hybridized carbons (Fsp3) is 0.318. The molecule has 0 aliphatic heterocycles. The number of benzene rings is 1. The summed E-state index contributed by atoms with van der Waals surface area (Å²) in [6.07, 6.45) is 0.542. The van der Waals surface area contributed by atoms with Crippen LogP contribution < -0.4 is 11.3 Å². The number of ether oxygens (including phenoxy) is 1. The van der Waals surface area contributed by atoms with Gasteiger partial charge in [0.1, 0.15) is 11.4 Å². The molecule has 0 spiro atoms. The second-order valence-corrected chi connectivity index (χ2v) is 7.44. The van der Waals surface area contributed by atoms with Crippen molar-refractivity contribution < 1.29 is 19.0 Å². The van der Waals surface area contributed by atoms with Gasteiger partial charge in [-0.3, -0.25) is 14.6 Å². The van der Waals surface area contributed by atoms with Gasteiger partial charge in [0.15, 0.2) is 6.29 Å². The minimum Gasteiger partial charge on any atom is -0.368 e. The molecule has 0 fully saturated rings. The molecule has 2 aromatic heterocycles. The van der Waals surface area contributed by atoms with Crippen LogP contribution in [0, 0.1) is 5.82 Å². The molecule has 158 valence electrons. The number of hydrogen-bond acceptors (Lipinski definition) is 5. The molecule has 0 saturated carbocycles. The summed E-state index contributed by atoms with van der Waals surface area (Å²) in [5, 5.41) is 10.2. The molecule has 7 nitrogen and oxygen atoms in total. The highest BCUT2D eigenvalue weighted by molar-refractivity contribution is 5.98. The fourth-order valence-corrected chi connectivity index (χ4v) is 3.43. The molecule has 1 atom stereocenters. The number of hydrogen-bond donors (Lipinski definition) is 2. The standard InChI is InChI=1S/C22H24FN3O4/c1-12(2)30-18(27)10-16-19(21(24)28)22(29)26(3)17-9-14(11-25-20(16)17)8-13-4-6-15(23)7-5-13/h4-7,9,11-12,18,27H,8,10H2,1-3H3,(H2,24,28). The maximum absolute atomic E-state index is 13.1. The van der Waals surface area contributed by atoms with E-state index in [9.17, 15) is 19.1 Å². The van der Waals surface area contributed by atoms with E-state index in [0.29, 0.717) is 17.5 Å². The second kappa shape index (κ2) is 8.73. The summed E-state index contributed by atoms with van der Waals surface area (Å²) in [7, 11) is 1.53. The molecular weight excluding hydrogens is 389 g/mol. The predicted octanol–water partition coefficient (Wildman–Crippen LogP) is 2.05. The van der Waals surface area contributed by atoms with Crippen molar-refractivity contribution in [3.63, 3.8) is 0 Å². The van der Waals surface area contributed by atoms with Crippen LogP contribution in [-0.2, 0) is 24.6 Å². The quantitative estimate of drug-likeness (QED) is 0.577. The first-order valence-electron chi connectivity index (χ1n) is 9.55. The molecule has 1 unspecified atom stereocenters. The van der Waals surface area contributed by atoms with Crippen LogP contribution in [0.5, 0.6) is 0 Å². The summed E-state index contributed by atoms with van der Waals surface area (Å²) in [6.45, 7) is 3.53. The Bertz CT molecular complexity index is 1140. The lowest BCUT2D eigenvalue weighted by molar-refractivity contribution is -0.123.